The summed E-state index contributed by atoms with van der Waals surface area (Å²) in [4.78, 5) is 29.4. The standard InChI is InChI=1S/C20H35N3O3/c1-15-3-5-18(6-4-15)21-19(24)16(2)22-9-7-17(8-10-22)20(25)23-11-13-26-14-12-23/h15-18H,3-14H2,1-2H3,(H,21,24). The lowest BCUT2D eigenvalue weighted by molar-refractivity contribution is -0.141. The molecule has 0 bridgehead atoms. The van der Waals surface area contributed by atoms with Crippen molar-refractivity contribution < 1.29 is 14.3 Å². The third-order valence-electron chi connectivity index (χ3n) is 6.49. The maximum absolute atomic E-state index is 12.6. The summed E-state index contributed by atoms with van der Waals surface area (Å²) >= 11 is 0. The first-order valence-corrected chi connectivity index (χ1v) is 10.5. The van der Waals surface area contributed by atoms with Crippen molar-refractivity contribution in [3.63, 3.8) is 0 Å². The van der Waals surface area contributed by atoms with E-state index in [1.165, 1.54) is 12.8 Å². The van der Waals surface area contributed by atoms with Crippen LogP contribution in [0, 0.1) is 11.8 Å². The van der Waals surface area contributed by atoms with Crippen molar-refractivity contribution in [3.05, 3.63) is 0 Å². The monoisotopic (exact) mass is 365 g/mol. The minimum atomic E-state index is -0.103. The number of nitrogens with zero attached hydrogens (tertiary/aromatic N) is 2. The Labute approximate surface area is 157 Å². The van der Waals surface area contributed by atoms with Crippen molar-refractivity contribution in [2.24, 2.45) is 11.8 Å². The topological polar surface area (TPSA) is 61.9 Å². The van der Waals surface area contributed by atoms with Crippen molar-refractivity contribution in [2.45, 2.75) is 64.5 Å². The lowest BCUT2D eigenvalue weighted by atomic mass is 9.87. The highest BCUT2D eigenvalue weighted by Gasteiger charge is 2.33. The molecule has 0 aromatic heterocycles. The van der Waals surface area contributed by atoms with Crippen LogP contribution in [0.3, 0.4) is 0 Å². The first-order chi connectivity index (χ1) is 12.5. The molecule has 1 atom stereocenters. The lowest BCUT2D eigenvalue weighted by Crippen LogP contribution is -2.52. The molecular formula is C20H35N3O3. The number of carbonyl (C=O) groups excluding carboxylic acids is 2. The molecule has 1 saturated carbocycles. The highest BCUT2D eigenvalue weighted by molar-refractivity contribution is 5.82. The van der Waals surface area contributed by atoms with Gasteiger partial charge in [-0.3, -0.25) is 14.5 Å². The van der Waals surface area contributed by atoms with Crippen LogP contribution < -0.4 is 5.32 Å². The number of hydrogen-bond acceptors (Lipinski definition) is 4. The van der Waals surface area contributed by atoms with Gasteiger partial charge < -0.3 is 15.0 Å². The van der Waals surface area contributed by atoms with Gasteiger partial charge in [0.05, 0.1) is 19.3 Å². The number of rotatable bonds is 4. The second-order valence-electron chi connectivity index (χ2n) is 8.39. The molecule has 2 amide bonds. The Kier molecular flexibility index (Phi) is 6.92. The number of hydrogen-bond donors (Lipinski definition) is 1. The Hall–Kier alpha value is -1.14. The smallest absolute Gasteiger partial charge is 0.237 e. The molecule has 2 saturated heterocycles. The molecule has 1 N–H and O–H groups in total. The summed E-state index contributed by atoms with van der Waals surface area (Å²) in [7, 11) is 0. The van der Waals surface area contributed by atoms with Crippen LogP contribution in [0.25, 0.3) is 0 Å². The van der Waals surface area contributed by atoms with Crippen molar-refractivity contribution in [1.82, 2.24) is 15.1 Å². The highest BCUT2D eigenvalue weighted by atomic mass is 16.5. The normalized spacial score (nSPS) is 30.0. The summed E-state index contributed by atoms with van der Waals surface area (Å²) in [6.07, 6.45) is 6.36. The number of morpholine rings is 1. The molecule has 6 heteroatoms. The summed E-state index contributed by atoms with van der Waals surface area (Å²) in [6, 6.07) is 0.246. The first kappa shape index (κ1) is 19.6. The zero-order valence-corrected chi connectivity index (χ0v) is 16.4. The summed E-state index contributed by atoms with van der Waals surface area (Å²) in [5, 5.41) is 3.25. The Morgan fingerprint density at radius 1 is 0.962 bits per heavy atom. The predicted octanol–water partition coefficient (Wildman–Crippen LogP) is 1.64. The van der Waals surface area contributed by atoms with Gasteiger partial charge in [-0.1, -0.05) is 6.92 Å². The van der Waals surface area contributed by atoms with E-state index in [1.54, 1.807) is 0 Å². The minimum Gasteiger partial charge on any atom is -0.378 e. The molecule has 0 spiro atoms. The van der Waals surface area contributed by atoms with E-state index >= 15 is 0 Å². The van der Waals surface area contributed by atoms with Crippen molar-refractivity contribution in [1.29, 1.82) is 0 Å². The third kappa shape index (κ3) is 4.97. The zero-order chi connectivity index (χ0) is 18.5. The number of likely N-dealkylation sites (tertiary alicyclic amines) is 1. The fraction of sp³-hybridized carbons (Fsp3) is 0.900. The average Bonchev–Trinajstić information content (AvgIpc) is 2.69. The number of piperidine rings is 1. The Bertz CT molecular complexity index is 477. The molecule has 0 aromatic rings. The van der Waals surface area contributed by atoms with Gasteiger partial charge in [-0.25, -0.2) is 0 Å². The van der Waals surface area contributed by atoms with Gasteiger partial charge in [-0.05, 0) is 64.5 Å². The second-order valence-corrected chi connectivity index (χ2v) is 8.39. The molecule has 0 aromatic carbocycles. The summed E-state index contributed by atoms with van der Waals surface area (Å²) in [6.45, 7) is 8.71. The van der Waals surface area contributed by atoms with Crippen LogP contribution in [0.2, 0.25) is 0 Å². The molecule has 1 unspecified atom stereocenters. The largest absolute Gasteiger partial charge is 0.378 e. The van der Waals surface area contributed by atoms with Crippen molar-refractivity contribution in [2.75, 3.05) is 39.4 Å². The molecule has 148 valence electrons. The fourth-order valence-electron chi connectivity index (χ4n) is 4.47. The van der Waals surface area contributed by atoms with Crippen LogP contribution in [0.4, 0.5) is 0 Å². The van der Waals surface area contributed by atoms with Gasteiger partial charge in [0.25, 0.3) is 0 Å². The third-order valence-corrected chi connectivity index (χ3v) is 6.49. The van der Waals surface area contributed by atoms with Gasteiger partial charge in [0.15, 0.2) is 0 Å². The summed E-state index contributed by atoms with van der Waals surface area (Å²) < 4.78 is 5.33. The van der Waals surface area contributed by atoms with Crippen LogP contribution in [-0.2, 0) is 14.3 Å². The molecule has 26 heavy (non-hydrogen) atoms. The molecule has 0 radical (unpaired) electrons. The van der Waals surface area contributed by atoms with Gasteiger partial charge in [0.2, 0.25) is 11.8 Å². The molecule has 2 aliphatic heterocycles. The van der Waals surface area contributed by atoms with E-state index in [0.29, 0.717) is 19.3 Å². The molecule has 3 rings (SSSR count). The molecule has 3 fully saturated rings. The van der Waals surface area contributed by atoms with E-state index in [-0.39, 0.29) is 23.8 Å². The van der Waals surface area contributed by atoms with Crippen molar-refractivity contribution in [3.8, 4) is 0 Å². The number of ether oxygens (including phenoxy) is 1. The SMILES string of the molecule is CC1CCC(NC(=O)C(C)N2CCC(C(=O)N3CCOCC3)CC2)CC1. The molecule has 2 heterocycles. The van der Waals surface area contributed by atoms with Crippen LogP contribution in [0.15, 0.2) is 0 Å². The van der Waals surface area contributed by atoms with Crippen LogP contribution in [-0.4, -0.2) is 73.1 Å². The van der Waals surface area contributed by atoms with E-state index in [1.807, 2.05) is 11.8 Å². The van der Waals surface area contributed by atoms with E-state index in [0.717, 1.165) is 57.8 Å². The van der Waals surface area contributed by atoms with E-state index in [2.05, 4.69) is 17.1 Å². The van der Waals surface area contributed by atoms with Crippen LogP contribution >= 0.6 is 0 Å². The maximum Gasteiger partial charge on any atom is 0.237 e. The van der Waals surface area contributed by atoms with Gasteiger partial charge in [-0.15, -0.1) is 0 Å². The quantitative estimate of drug-likeness (QED) is 0.823. The number of amides is 2. The van der Waals surface area contributed by atoms with Crippen LogP contribution in [0.1, 0.15) is 52.4 Å². The minimum absolute atomic E-state index is 0.103. The van der Waals surface area contributed by atoms with Crippen LogP contribution in [0.5, 0.6) is 0 Å². The van der Waals surface area contributed by atoms with E-state index < -0.39 is 0 Å². The van der Waals surface area contributed by atoms with E-state index in [9.17, 15) is 9.59 Å². The van der Waals surface area contributed by atoms with Gasteiger partial charge in [0.1, 0.15) is 0 Å². The fourth-order valence-corrected chi connectivity index (χ4v) is 4.47. The average molecular weight is 366 g/mol. The first-order valence-electron chi connectivity index (χ1n) is 10.5. The predicted molar refractivity (Wildman–Crippen MR) is 101 cm³/mol. The van der Waals surface area contributed by atoms with Crippen molar-refractivity contribution >= 4 is 11.8 Å². The Balaban J connectivity index is 1.42. The Morgan fingerprint density at radius 3 is 2.19 bits per heavy atom. The molecule has 1 aliphatic carbocycles. The van der Waals surface area contributed by atoms with E-state index in [4.69, 9.17) is 4.74 Å². The summed E-state index contributed by atoms with van der Waals surface area (Å²) in [5.41, 5.74) is 0. The maximum atomic E-state index is 12.6. The second kappa shape index (κ2) is 9.18. The van der Waals surface area contributed by atoms with Gasteiger partial charge in [0, 0.05) is 25.0 Å². The zero-order valence-electron chi connectivity index (χ0n) is 16.4. The van der Waals surface area contributed by atoms with Gasteiger partial charge >= 0.3 is 0 Å². The Morgan fingerprint density at radius 2 is 1.58 bits per heavy atom. The van der Waals surface area contributed by atoms with Gasteiger partial charge in [-0.2, -0.15) is 0 Å². The number of carbonyl (C=O) groups is 2. The molecule has 6 nitrogen and oxygen atoms in total. The highest BCUT2D eigenvalue weighted by Crippen LogP contribution is 2.24. The molecule has 3 aliphatic rings. The number of nitrogens with one attached hydrogen (secondary N) is 1. The molecular weight excluding hydrogens is 330 g/mol. The lowest BCUT2D eigenvalue weighted by Gasteiger charge is -2.38. The summed E-state index contributed by atoms with van der Waals surface area (Å²) in [5.74, 6) is 1.34.